The first-order valence-corrected chi connectivity index (χ1v) is 12.2. The van der Waals surface area contributed by atoms with Gasteiger partial charge in [-0.1, -0.05) is 34.6 Å². The van der Waals surface area contributed by atoms with Crippen molar-refractivity contribution in [3.05, 3.63) is 24.2 Å². The Bertz CT molecular complexity index is 1080. The number of carbonyl (C=O) groups excluding carboxylic acids is 2. The summed E-state index contributed by atoms with van der Waals surface area (Å²) in [6.07, 6.45) is 3.01. The van der Waals surface area contributed by atoms with E-state index in [-0.39, 0.29) is 41.2 Å². The van der Waals surface area contributed by atoms with Crippen LogP contribution in [-0.4, -0.2) is 46.9 Å². The lowest BCUT2D eigenvalue weighted by atomic mass is 9.35. The van der Waals surface area contributed by atoms with E-state index in [4.69, 9.17) is 18.6 Å². The van der Waals surface area contributed by atoms with E-state index in [1.165, 1.54) is 0 Å². The number of esters is 1. The van der Waals surface area contributed by atoms with Gasteiger partial charge in [0, 0.05) is 27.2 Å². The van der Waals surface area contributed by atoms with E-state index < -0.39 is 40.2 Å². The second-order valence-corrected chi connectivity index (χ2v) is 12.6. The van der Waals surface area contributed by atoms with Gasteiger partial charge in [0.05, 0.1) is 24.7 Å². The van der Waals surface area contributed by atoms with E-state index in [0.717, 1.165) is 18.4 Å². The summed E-state index contributed by atoms with van der Waals surface area (Å²) in [6.45, 7) is 10.6. The van der Waals surface area contributed by atoms with Crippen molar-refractivity contribution in [2.75, 3.05) is 0 Å². The first-order valence-electron chi connectivity index (χ1n) is 12.2. The predicted octanol–water partition coefficient (Wildman–Crippen LogP) is 3.20. The van der Waals surface area contributed by atoms with Crippen molar-refractivity contribution >= 4 is 11.8 Å². The predicted molar refractivity (Wildman–Crippen MR) is 114 cm³/mol. The molecule has 11 atom stereocenters. The molecule has 6 fully saturated rings. The van der Waals surface area contributed by atoms with Gasteiger partial charge in [-0.15, -0.1) is 0 Å². The second kappa shape index (κ2) is 5.58. The van der Waals surface area contributed by atoms with E-state index in [0.29, 0.717) is 6.42 Å². The lowest BCUT2D eigenvalue weighted by Gasteiger charge is -2.68. The summed E-state index contributed by atoms with van der Waals surface area (Å²) in [7, 11) is 0. The van der Waals surface area contributed by atoms with E-state index in [1.54, 1.807) is 12.5 Å². The van der Waals surface area contributed by atoms with E-state index in [9.17, 15) is 14.7 Å². The van der Waals surface area contributed by atoms with Crippen LogP contribution in [0, 0.1) is 33.5 Å². The highest BCUT2D eigenvalue weighted by molar-refractivity contribution is 5.92. The molecule has 0 amide bonds. The molecule has 1 aromatic rings. The monoisotopic (exact) mass is 456 g/mol. The average Bonchev–Trinajstić information content (AvgIpc) is 3.66. The summed E-state index contributed by atoms with van der Waals surface area (Å²) in [5, 5.41) is 11.9. The number of cyclic esters (lactones) is 1. The van der Waals surface area contributed by atoms with Gasteiger partial charge in [0.1, 0.15) is 17.8 Å². The molecule has 1 aromatic heterocycles. The largest absolute Gasteiger partial charge is 0.472 e. The fourth-order valence-electron chi connectivity index (χ4n) is 9.70. The second-order valence-electron chi connectivity index (χ2n) is 12.6. The minimum Gasteiger partial charge on any atom is -0.472 e. The van der Waals surface area contributed by atoms with Gasteiger partial charge < -0.3 is 23.7 Å². The standard InChI is InChI=1S/C26H32O7/c1-22(2)14-10-15(27)25(5)13(24(14,4)19-16(31-19)17(22)28)6-8-23(3)18(12-7-9-30-11-12)32-21(29)20-26(23,25)33-20/h7,9,11,13-16,18-20,27H,6,8,10H2,1-5H3. The van der Waals surface area contributed by atoms with Gasteiger partial charge in [-0.3, -0.25) is 4.79 Å². The third-order valence-electron chi connectivity index (χ3n) is 11.3. The minimum atomic E-state index is -0.830. The van der Waals surface area contributed by atoms with Crippen molar-refractivity contribution in [1.82, 2.24) is 0 Å². The van der Waals surface area contributed by atoms with E-state index in [2.05, 4.69) is 20.8 Å². The van der Waals surface area contributed by atoms with Gasteiger partial charge in [0.25, 0.3) is 0 Å². The van der Waals surface area contributed by atoms with Gasteiger partial charge >= 0.3 is 5.97 Å². The molecule has 0 aromatic carbocycles. The third kappa shape index (κ3) is 1.92. The Morgan fingerprint density at radius 2 is 1.82 bits per heavy atom. The maximum atomic E-state index is 13.1. The zero-order valence-electron chi connectivity index (χ0n) is 19.8. The molecule has 6 aliphatic rings. The maximum absolute atomic E-state index is 13.1. The molecule has 7 nitrogen and oxygen atoms in total. The van der Waals surface area contributed by atoms with Crippen LogP contribution < -0.4 is 0 Å². The van der Waals surface area contributed by atoms with Crippen LogP contribution >= 0.6 is 0 Å². The highest BCUT2D eigenvalue weighted by Gasteiger charge is 2.89. The Kier molecular flexibility index (Phi) is 3.49. The van der Waals surface area contributed by atoms with Crippen molar-refractivity contribution in [2.24, 2.45) is 33.5 Å². The Morgan fingerprint density at radius 1 is 1.06 bits per heavy atom. The zero-order valence-corrected chi connectivity index (χ0v) is 19.8. The van der Waals surface area contributed by atoms with Crippen LogP contribution in [0.3, 0.4) is 0 Å². The van der Waals surface area contributed by atoms with Gasteiger partial charge in [0.2, 0.25) is 0 Å². The number of hydrogen-bond donors (Lipinski definition) is 1. The topological polar surface area (TPSA) is 102 Å². The number of carbonyl (C=O) groups is 2. The number of ketones is 1. The summed E-state index contributed by atoms with van der Waals surface area (Å²) < 4.78 is 23.8. The highest BCUT2D eigenvalue weighted by Crippen LogP contribution is 2.80. The number of rotatable bonds is 1. The third-order valence-corrected chi connectivity index (χ3v) is 11.3. The van der Waals surface area contributed by atoms with Crippen molar-refractivity contribution in [3.63, 3.8) is 0 Å². The number of furan rings is 1. The SMILES string of the molecule is CC1(C)C(=O)C2OC2C2(C)C1CC(O)C1(C)C2CCC2(C)C(c3ccoc3)OC(=O)C3OC321. The summed E-state index contributed by atoms with van der Waals surface area (Å²) >= 11 is 0. The quantitative estimate of drug-likeness (QED) is 0.511. The van der Waals surface area contributed by atoms with Crippen LogP contribution in [0.5, 0.6) is 0 Å². The molecule has 7 heteroatoms. The molecule has 0 radical (unpaired) electrons. The molecule has 3 aliphatic carbocycles. The highest BCUT2D eigenvalue weighted by atomic mass is 16.7. The zero-order chi connectivity index (χ0) is 23.3. The number of epoxide rings is 2. The molecule has 3 saturated carbocycles. The lowest BCUT2D eigenvalue weighted by Crippen LogP contribution is -2.74. The Hall–Kier alpha value is -1.70. The van der Waals surface area contributed by atoms with Crippen molar-refractivity contribution in [2.45, 2.75) is 90.0 Å². The fourth-order valence-corrected chi connectivity index (χ4v) is 9.70. The molecule has 178 valence electrons. The van der Waals surface area contributed by atoms with Gasteiger partial charge in [-0.2, -0.15) is 0 Å². The molecule has 0 bridgehead atoms. The van der Waals surface area contributed by atoms with Gasteiger partial charge in [-0.05, 0) is 37.2 Å². The van der Waals surface area contributed by atoms with Crippen LogP contribution in [0.1, 0.15) is 65.5 Å². The van der Waals surface area contributed by atoms with Crippen LogP contribution in [0.2, 0.25) is 0 Å². The Morgan fingerprint density at radius 3 is 2.52 bits per heavy atom. The minimum absolute atomic E-state index is 0.00694. The molecule has 3 aliphatic heterocycles. The molecule has 1 spiro atoms. The van der Waals surface area contributed by atoms with Crippen LogP contribution in [0.4, 0.5) is 0 Å². The van der Waals surface area contributed by atoms with Crippen molar-refractivity contribution < 1.29 is 33.3 Å². The summed E-state index contributed by atoms with van der Waals surface area (Å²) in [4.78, 5) is 26.2. The maximum Gasteiger partial charge on any atom is 0.339 e. The lowest BCUT2D eigenvalue weighted by molar-refractivity contribution is -0.258. The summed E-state index contributed by atoms with van der Waals surface area (Å²) in [5.41, 5.74) is -2.04. The number of Topliss-reactive ketones (excluding diaryl/α,β-unsaturated/α-hetero) is 1. The van der Waals surface area contributed by atoms with Crippen LogP contribution in [0.25, 0.3) is 0 Å². The molecule has 7 rings (SSSR count). The van der Waals surface area contributed by atoms with Crippen molar-refractivity contribution in [3.8, 4) is 0 Å². The number of hydrogen-bond acceptors (Lipinski definition) is 7. The van der Waals surface area contributed by atoms with E-state index in [1.807, 2.05) is 19.9 Å². The first kappa shape index (κ1) is 20.7. The Labute approximate surface area is 193 Å². The first-order chi connectivity index (χ1) is 15.5. The number of aliphatic hydroxyl groups is 1. The van der Waals surface area contributed by atoms with Crippen LogP contribution in [0.15, 0.2) is 23.0 Å². The fraction of sp³-hybridized carbons (Fsp3) is 0.769. The van der Waals surface area contributed by atoms with E-state index >= 15 is 0 Å². The smallest absolute Gasteiger partial charge is 0.339 e. The Balaban J connectivity index is 1.39. The molecule has 11 unspecified atom stereocenters. The molecule has 33 heavy (non-hydrogen) atoms. The summed E-state index contributed by atoms with van der Waals surface area (Å²) in [5.74, 6) is -0.145. The van der Waals surface area contributed by atoms with Crippen LogP contribution in [-0.2, 0) is 23.8 Å². The average molecular weight is 457 g/mol. The van der Waals surface area contributed by atoms with Gasteiger partial charge in [0.15, 0.2) is 11.9 Å². The van der Waals surface area contributed by atoms with Crippen molar-refractivity contribution in [1.29, 1.82) is 0 Å². The molecule has 1 N–H and O–H groups in total. The molecule has 3 saturated heterocycles. The number of aliphatic hydroxyl groups excluding tert-OH is 1. The summed E-state index contributed by atoms with van der Waals surface area (Å²) in [6, 6.07) is 1.85. The number of fused-ring (bicyclic) bond motifs is 5. The van der Waals surface area contributed by atoms with Gasteiger partial charge in [-0.25, -0.2) is 4.79 Å². The number of ether oxygens (including phenoxy) is 3. The molecular weight excluding hydrogens is 424 g/mol. The molecular formula is C26H32O7. The molecule has 4 heterocycles. The normalized spacial score (nSPS) is 57.6.